The van der Waals surface area contributed by atoms with Crippen LogP contribution in [0.5, 0.6) is 0 Å². The molecule has 0 amide bonds. The van der Waals surface area contributed by atoms with Gasteiger partial charge in [-0.1, -0.05) is 73.1 Å². The zero-order valence-electron chi connectivity index (χ0n) is 16.4. The van der Waals surface area contributed by atoms with E-state index in [-0.39, 0.29) is 5.66 Å². The SMILES string of the molecule is CCCCCCCCC(NC)C(NC)(NCC(C)C)C(C)C. The van der Waals surface area contributed by atoms with E-state index in [1.807, 2.05) is 0 Å². The lowest BCUT2D eigenvalue weighted by atomic mass is 9.84. The van der Waals surface area contributed by atoms with Crippen molar-refractivity contribution in [3.63, 3.8) is 0 Å². The number of hydrogen-bond donors (Lipinski definition) is 3. The number of nitrogens with one attached hydrogen (secondary N) is 3. The Bertz CT molecular complexity index is 253. The molecule has 0 aromatic carbocycles. The van der Waals surface area contributed by atoms with Gasteiger partial charge < -0.3 is 10.6 Å². The molecule has 2 unspecified atom stereocenters. The zero-order valence-corrected chi connectivity index (χ0v) is 16.4. The summed E-state index contributed by atoms with van der Waals surface area (Å²) >= 11 is 0. The highest BCUT2D eigenvalue weighted by atomic mass is 15.2. The minimum Gasteiger partial charge on any atom is -0.314 e. The van der Waals surface area contributed by atoms with Crippen LogP contribution in [0.2, 0.25) is 0 Å². The first-order chi connectivity index (χ1) is 10.4. The molecule has 3 heteroatoms. The molecule has 0 aromatic rings. The van der Waals surface area contributed by atoms with E-state index in [9.17, 15) is 0 Å². The maximum Gasteiger partial charge on any atom is 0.0865 e. The van der Waals surface area contributed by atoms with Crippen LogP contribution >= 0.6 is 0 Å². The number of rotatable bonds is 14. The highest BCUT2D eigenvalue weighted by Crippen LogP contribution is 2.23. The van der Waals surface area contributed by atoms with Crippen LogP contribution in [0, 0.1) is 11.8 Å². The standard InChI is InChI=1S/C19H43N3/c1-8-9-10-11-12-13-14-18(20-6)19(21-7,17(4)5)22-15-16(2)3/h16-18,20-22H,8-15H2,1-7H3. The predicted molar refractivity (Wildman–Crippen MR) is 100 cm³/mol. The summed E-state index contributed by atoms with van der Waals surface area (Å²) < 4.78 is 0. The summed E-state index contributed by atoms with van der Waals surface area (Å²) in [5.41, 5.74) is -0.0254. The molecule has 0 aliphatic heterocycles. The summed E-state index contributed by atoms with van der Waals surface area (Å²) in [6, 6.07) is 0.461. The van der Waals surface area contributed by atoms with Crippen molar-refractivity contribution in [2.24, 2.45) is 11.8 Å². The number of unbranched alkanes of at least 4 members (excludes halogenated alkanes) is 5. The lowest BCUT2D eigenvalue weighted by Crippen LogP contribution is -2.70. The van der Waals surface area contributed by atoms with Gasteiger partial charge in [0.05, 0.1) is 5.66 Å². The largest absolute Gasteiger partial charge is 0.314 e. The van der Waals surface area contributed by atoms with Crippen LogP contribution in [-0.4, -0.2) is 32.3 Å². The molecule has 3 N–H and O–H groups in total. The van der Waals surface area contributed by atoms with Crippen molar-refractivity contribution in [1.82, 2.24) is 16.0 Å². The normalized spacial score (nSPS) is 16.2. The first kappa shape index (κ1) is 21.9. The molecule has 2 atom stereocenters. The third-order valence-corrected chi connectivity index (χ3v) is 4.87. The Labute approximate surface area is 140 Å². The van der Waals surface area contributed by atoms with Crippen molar-refractivity contribution in [3.8, 4) is 0 Å². The lowest BCUT2D eigenvalue weighted by molar-refractivity contribution is 0.123. The fraction of sp³-hybridized carbons (Fsp3) is 1.00. The van der Waals surface area contributed by atoms with E-state index in [1.54, 1.807) is 0 Å². The van der Waals surface area contributed by atoms with Crippen LogP contribution in [0.15, 0.2) is 0 Å². The second kappa shape index (κ2) is 12.3. The van der Waals surface area contributed by atoms with Crippen LogP contribution in [-0.2, 0) is 0 Å². The van der Waals surface area contributed by atoms with Crippen molar-refractivity contribution in [3.05, 3.63) is 0 Å². The van der Waals surface area contributed by atoms with Crippen LogP contribution in [0.25, 0.3) is 0 Å². The number of hydrogen-bond acceptors (Lipinski definition) is 3. The van der Waals surface area contributed by atoms with Crippen molar-refractivity contribution >= 4 is 0 Å². The summed E-state index contributed by atoms with van der Waals surface area (Å²) in [6.45, 7) is 12.5. The van der Waals surface area contributed by atoms with Crippen molar-refractivity contribution < 1.29 is 0 Å². The lowest BCUT2D eigenvalue weighted by Gasteiger charge is -2.45. The molecular weight excluding hydrogens is 270 g/mol. The van der Waals surface area contributed by atoms with Gasteiger partial charge in [-0.15, -0.1) is 0 Å². The maximum atomic E-state index is 3.82. The average Bonchev–Trinajstić information content (AvgIpc) is 2.48. The van der Waals surface area contributed by atoms with Crippen LogP contribution in [0.4, 0.5) is 0 Å². The predicted octanol–water partition coefficient (Wildman–Crippen LogP) is 4.14. The number of likely N-dealkylation sites (N-methyl/N-ethyl adjacent to an activating group) is 2. The molecule has 0 aromatic heterocycles. The van der Waals surface area contributed by atoms with E-state index in [0.29, 0.717) is 17.9 Å². The Balaban J connectivity index is 4.56. The Morgan fingerprint density at radius 1 is 0.864 bits per heavy atom. The van der Waals surface area contributed by atoms with Crippen LogP contribution in [0.1, 0.15) is 79.6 Å². The quantitative estimate of drug-likeness (QED) is 0.333. The van der Waals surface area contributed by atoms with Crippen LogP contribution < -0.4 is 16.0 Å². The zero-order chi connectivity index (χ0) is 17.0. The molecule has 3 nitrogen and oxygen atoms in total. The van der Waals surface area contributed by atoms with Crippen molar-refractivity contribution in [1.29, 1.82) is 0 Å². The maximum absolute atomic E-state index is 3.82. The van der Waals surface area contributed by atoms with E-state index in [1.165, 1.54) is 44.9 Å². The van der Waals surface area contributed by atoms with E-state index in [4.69, 9.17) is 0 Å². The molecule has 0 aliphatic carbocycles. The highest BCUT2D eigenvalue weighted by molar-refractivity contribution is 4.98. The summed E-state index contributed by atoms with van der Waals surface area (Å²) in [5.74, 6) is 1.20. The van der Waals surface area contributed by atoms with Gasteiger partial charge >= 0.3 is 0 Å². The van der Waals surface area contributed by atoms with E-state index in [2.05, 4.69) is 64.7 Å². The molecule has 134 valence electrons. The van der Waals surface area contributed by atoms with Crippen LogP contribution in [0.3, 0.4) is 0 Å². The minimum absolute atomic E-state index is 0.0254. The molecule has 0 heterocycles. The Hall–Kier alpha value is -0.120. The van der Waals surface area contributed by atoms with E-state index >= 15 is 0 Å². The third kappa shape index (κ3) is 7.43. The molecule has 0 saturated heterocycles. The van der Waals surface area contributed by atoms with E-state index in [0.717, 1.165) is 6.54 Å². The average molecular weight is 314 g/mol. The minimum atomic E-state index is -0.0254. The molecule has 22 heavy (non-hydrogen) atoms. The first-order valence-corrected chi connectivity index (χ1v) is 9.55. The van der Waals surface area contributed by atoms with Gasteiger partial charge in [0.15, 0.2) is 0 Å². The van der Waals surface area contributed by atoms with Crippen molar-refractivity contribution in [2.75, 3.05) is 20.6 Å². The molecule has 0 spiro atoms. The Morgan fingerprint density at radius 2 is 1.45 bits per heavy atom. The fourth-order valence-corrected chi connectivity index (χ4v) is 3.38. The van der Waals surface area contributed by atoms with Gasteiger partial charge in [0.2, 0.25) is 0 Å². The second-order valence-electron chi connectivity index (χ2n) is 7.45. The Morgan fingerprint density at radius 3 is 1.91 bits per heavy atom. The smallest absolute Gasteiger partial charge is 0.0865 e. The molecule has 0 rings (SSSR count). The van der Waals surface area contributed by atoms with Crippen molar-refractivity contribution in [2.45, 2.75) is 91.3 Å². The summed E-state index contributed by atoms with van der Waals surface area (Å²) in [6.07, 6.45) is 9.40. The highest BCUT2D eigenvalue weighted by Gasteiger charge is 2.38. The van der Waals surface area contributed by atoms with Gasteiger partial charge in [-0.25, -0.2) is 0 Å². The summed E-state index contributed by atoms with van der Waals surface area (Å²) in [4.78, 5) is 0. The molecular formula is C19H43N3. The summed E-state index contributed by atoms with van der Waals surface area (Å²) in [5, 5.41) is 11.0. The fourth-order valence-electron chi connectivity index (χ4n) is 3.38. The van der Waals surface area contributed by atoms with Gasteiger partial charge in [0.1, 0.15) is 0 Å². The summed E-state index contributed by atoms with van der Waals surface area (Å²) in [7, 11) is 4.20. The topological polar surface area (TPSA) is 36.1 Å². The second-order valence-corrected chi connectivity index (χ2v) is 7.45. The molecule has 0 aliphatic rings. The molecule has 0 fully saturated rings. The van der Waals surface area contributed by atoms with Gasteiger partial charge in [-0.2, -0.15) is 0 Å². The van der Waals surface area contributed by atoms with E-state index < -0.39 is 0 Å². The first-order valence-electron chi connectivity index (χ1n) is 9.55. The van der Waals surface area contributed by atoms with Gasteiger partial charge in [0, 0.05) is 6.04 Å². The Kier molecular flexibility index (Phi) is 12.3. The van der Waals surface area contributed by atoms with Gasteiger partial charge in [-0.05, 0) is 38.9 Å². The molecule has 0 bridgehead atoms. The molecule has 0 saturated carbocycles. The van der Waals surface area contributed by atoms with Gasteiger partial charge in [-0.3, -0.25) is 5.32 Å². The molecule has 0 radical (unpaired) electrons. The van der Waals surface area contributed by atoms with Gasteiger partial charge in [0.25, 0.3) is 0 Å². The monoisotopic (exact) mass is 313 g/mol. The third-order valence-electron chi connectivity index (χ3n) is 4.87.